The van der Waals surface area contributed by atoms with Crippen molar-refractivity contribution < 1.29 is 14.6 Å². The van der Waals surface area contributed by atoms with Crippen LogP contribution < -0.4 is 10.1 Å². The van der Waals surface area contributed by atoms with Crippen molar-refractivity contribution in [3.05, 3.63) is 11.4 Å². The Balaban J connectivity index is 1.80. The fraction of sp³-hybridized carbons (Fsp3) is 0.692. The maximum atomic E-state index is 11.7. The molecule has 6 heteroatoms. The van der Waals surface area contributed by atoms with Crippen molar-refractivity contribution in [2.75, 3.05) is 19.8 Å². The summed E-state index contributed by atoms with van der Waals surface area (Å²) in [6.07, 6.45) is 1.96. The predicted octanol–water partition coefficient (Wildman–Crippen LogP) is 0.304. The number of aryl methyl sites for hydroxylation is 2. The molecule has 0 spiro atoms. The summed E-state index contributed by atoms with van der Waals surface area (Å²) in [5.74, 6) is 0.503. The second kappa shape index (κ2) is 5.21. The molecule has 0 unspecified atom stereocenters. The molecule has 0 atom stereocenters. The highest BCUT2D eigenvalue weighted by atomic mass is 16.5. The van der Waals surface area contributed by atoms with E-state index in [-0.39, 0.29) is 24.5 Å². The third-order valence-electron chi connectivity index (χ3n) is 3.74. The van der Waals surface area contributed by atoms with Crippen LogP contribution in [-0.2, 0) is 11.8 Å². The van der Waals surface area contributed by atoms with E-state index >= 15 is 0 Å². The summed E-state index contributed by atoms with van der Waals surface area (Å²) in [5.41, 5.74) is 1.61. The number of aromatic nitrogens is 2. The van der Waals surface area contributed by atoms with E-state index in [4.69, 9.17) is 9.84 Å². The van der Waals surface area contributed by atoms with Crippen LogP contribution in [0.15, 0.2) is 0 Å². The van der Waals surface area contributed by atoms with Gasteiger partial charge in [0, 0.05) is 19.0 Å². The molecule has 0 aromatic carbocycles. The van der Waals surface area contributed by atoms with Crippen molar-refractivity contribution in [3.63, 3.8) is 0 Å². The minimum absolute atomic E-state index is 0.0190. The Morgan fingerprint density at radius 2 is 2.21 bits per heavy atom. The molecular formula is C13H21N3O3. The summed E-state index contributed by atoms with van der Waals surface area (Å²) < 4.78 is 7.24. The summed E-state index contributed by atoms with van der Waals surface area (Å²) in [6, 6.07) is 0. The van der Waals surface area contributed by atoms with Crippen LogP contribution >= 0.6 is 0 Å². The molecule has 0 bridgehead atoms. The van der Waals surface area contributed by atoms with Gasteiger partial charge in [-0.3, -0.25) is 9.48 Å². The lowest BCUT2D eigenvalue weighted by atomic mass is 10.1. The second-order valence-corrected chi connectivity index (χ2v) is 5.35. The molecule has 1 amide bonds. The molecule has 19 heavy (non-hydrogen) atoms. The van der Waals surface area contributed by atoms with Crippen LogP contribution in [0.4, 0.5) is 0 Å². The summed E-state index contributed by atoms with van der Waals surface area (Å²) in [6.45, 7) is 4.39. The topological polar surface area (TPSA) is 76.4 Å². The normalized spacial score (nSPS) is 16.2. The molecule has 0 saturated heterocycles. The molecule has 1 aliphatic rings. The first kappa shape index (κ1) is 13.9. The van der Waals surface area contributed by atoms with Gasteiger partial charge >= 0.3 is 0 Å². The Labute approximate surface area is 112 Å². The quantitative estimate of drug-likeness (QED) is 0.777. The average Bonchev–Trinajstić information content (AvgIpc) is 3.12. The van der Waals surface area contributed by atoms with Crippen molar-refractivity contribution >= 4 is 5.91 Å². The zero-order chi connectivity index (χ0) is 14.0. The first-order valence-electron chi connectivity index (χ1n) is 6.48. The average molecular weight is 267 g/mol. The fourth-order valence-corrected chi connectivity index (χ4v) is 2.01. The first-order chi connectivity index (χ1) is 8.97. The highest BCUT2D eigenvalue weighted by Crippen LogP contribution is 2.44. The van der Waals surface area contributed by atoms with E-state index in [0.29, 0.717) is 12.3 Å². The molecule has 0 aliphatic heterocycles. The number of hydrogen-bond donors (Lipinski definition) is 2. The van der Waals surface area contributed by atoms with Crippen molar-refractivity contribution in [2.45, 2.75) is 26.7 Å². The molecule has 2 N–H and O–H groups in total. The van der Waals surface area contributed by atoms with Gasteiger partial charge in [0.15, 0.2) is 12.4 Å². The maximum absolute atomic E-state index is 11.7. The van der Waals surface area contributed by atoms with E-state index < -0.39 is 0 Å². The SMILES string of the molecule is Cc1nn(C)c(C)c1OCC(=O)NCC1(CO)CC1. The van der Waals surface area contributed by atoms with Crippen molar-refractivity contribution in [3.8, 4) is 5.75 Å². The molecule has 6 nitrogen and oxygen atoms in total. The maximum Gasteiger partial charge on any atom is 0.257 e. The van der Waals surface area contributed by atoms with Crippen molar-refractivity contribution in [1.82, 2.24) is 15.1 Å². The third kappa shape index (κ3) is 3.07. The zero-order valence-electron chi connectivity index (χ0n) is 11.7. The highest BCUT2D eigenvalue weighted by Gasteiger charge is 2.42. The van der Waals surface area contributed by atoms with E-state index in [9.17, 15) is 4.79 Å². The molecule has 1 heterocycles. The number of amides is 1. The van der Waals surface area contributed by atoms with Gasteiger partial charge in [0.2, 0.25) is 0 Å². The first-order valence-corrected chi connectivity index (χ1v) is 6.48. The number of aliphatic hydroxyl groups is 1. The van der Waals surface area contributed by atoms with Gasteiger partial charge in [-0.05, 0) is 26.7 Å². The van der Waals surface area contributed by atoms with E-state index in [2.05, 4.69) is 10.4 Å². The van der Waals surface area contributed by atoms with Crippen LogP contribution in [0.2, 0.25) is 0 Å². The van der Waals surface area contributed by atoms with Crippen LogP contribution in [0.3, 0.4) is 0 Å². The van der Waals surface area contributed by atoms with Crippen LogP contribution in [0.25, 0.3) is 0 Å². The molecule has 1 aromatic rings. The number of nitrogens with zero attached hydrogens (tertiary/aromatic N) is 2. The number of carbonyl (C=O) groups excluding carboxylic acids is 1. The zero-order valence-corrected chi connectivity index (χ0v) is 11.7. The molecule has 106 valence electrons. The monoisotopic (exact) mass is 267 g/mol. The van der Waals surface area contributed by atoms with Gasteiger partial charge in [0.05, 0.1) is 12.3 Å². The van der Waals surface area contributed by atoms with Gasteiger partial charge < -0.3 is 15.2 Å². The van der Waals surface area contributed by atoms with Crippen LogP contribution in [0.5, 0.6) is 5.75 Å². The fourth-order valence-electron chi connectivity index (χ4n) is 2.01. The number of nitrogens with one attached hydrogen (secondary N) is 1. The molecule has 1 aliphatic carbocycles. The number of carbonyl (C=O) groups is 1. The number of ether oxygens (including phenoxy) is 1. The summed E-state index contributed by atoms with van der Waals surface area (Å²) in [4.78, 5) is 11.7. The largest absolute Gasteiger partial charge is 0.480 e. The Morgan fingerprint density at radius 1 is 1.53 bits per heavy atom. The van der Waals surface area contributed by atoms with E-state index in [1.165, 1.54) is 0 Å². The van der Waals surface area contributed by atoms with Crippen molar-refractivity contribution in [2.24, 2.45) is 12.5 Å². The highest BCUT2D eigenvalue weighted by molar-refractivity contribution is 5.77. The van der Waals surface area contributed by atoms with Crippen molar-refractivity contribution in [1.29, 1.82) is 0 Å². The van der Waals surface area contributed by atoms with Gasteiger partial charge in [-0.1, -0.05) is 0 Å². The second-order valence-electron chi connectivity index (χ2n) is 5.35. The molecular weight excluding hydrogens is 246 g/mol. The van der Waals surface area contributed by atoms with Gasteiger partial charge in [-0.15, -0.1) is 0 Å². The Bertz CT molecular complexity index is 478. The number of rotatable bonds is 6. The summed E-state index contributed by atoms with van der Waals surface area (Å²) >= 11 is 0. The van der Waals surface area contributed by atoms with Crippen LogP contribution in [0.1, 0.15) is 24.2 Å². The smallest absolute Gasteiger partial charge is 0.257 e. The van der Waals surface area contributed by atoms with Gasteiger partial charge in [0.1, 0.15) is 5.69 Å². The Hall–Kier alpha value is -1.56. The molecule has 2 rings (SSSR count). The standard InChI is InChI=1S/C13H21N3O3/c1-9-12(10(2)16(3)15-9)19-6-11(18)14-7-13(8-17)4-5-13/h17H,4-8H2,1-3H3,(H,14,18). The third-order valence-corrected chi connectivity index (χ3v) is 3.74. The van der Waals surface area contributed by atoms with Gasteiger partial charge in [0.25, 0.3) is 5.91 Å². The summed E-state index contributed by atoms with van der Waals surface area (Å²) in [5, 5.41) is 16.2. The van der Waals surface area contributed by atoms with Crippen LogP contribution in [-0.4, -0.2) is 40.6 Å². The lowest BCUT2D eigenvalue weighted by Gasteiger charge is -2.13. The Kier molecular flexibility index (Phi) is 3.80. The van der Waals surface area contributed by atoms with Gasteiger partial charge in [-0.2, -0.15) is 5.10 Å². The number of aliphatic hydroxyl groups excluding tert-OH is 1. The predicted molar refractivity (Wildman–Crippen MR) is 69.9 cm³/mol. The molecule has 1 aromatic heterocycles. The van der Waals surface area contributed by atoms with Gasteiger partial charge in [-0.25, -0.2) is 0 Å². The minimum Gasteiger partial charge on any atom is -0.480 e. The van der Waals surface area contributed by atoms with Crippen LogP contribution in [0, 0.1) is 19.3 Å². The van der Waals surface area contributed by atoms with E-state index in [0.717, 1.165) is 24.2 Å². The molecule has 1 saturated carbocycles. The minimum atomic E-state index is -0.164. The molecule has 0 radical (unpaired) electrons. The lowest BCUT2D eigenvalue weighted by Crippen LogP contribution is -2.35. The summed E-state index contributed by atoms with van der Waals surface area (Å²) in [7, 11) is 1.84. The molecule has 1 fully saturated rings. The Morgan fingerprint density at radius 3 is 2.68 bits per heavy atom. The number of hydrogen-bond acceptors (Lipinski definition) is 4. The van der Waals surface area contributed by atoms with E-state index in [1.54, 1.807) is 4.68 Å². The van der Waals surface area contributed by atoms with E-state index in [1.807, 2.05) is 20.9 Å². The lowest BCUT2D eigenvalue weighted by molar-refractivity contribution is -0.123.